The summed E-state index contributed by atoms with van der Waals surface area (Å²) in [5.74, 6) is -1.33. The van der Waals surface area contributed by atoms with Crippen molar-refractivity contribution in [1.29, 1.82) is 0 Å². The van der Waals surface area contributed by atoms with Crippen LogP contribution in [-0.2, 0) is 41.0 Å². The highest BCUT2D eigenvalue weighted by Crippen LogP contribution is 2.34. The zero-order valence-electron chi connectivity index (χ0n) is 30.4. The van der Waals surface area contributed by atoms with Gasteiger partial charge in [0.25, 0.3) is 0 Å². The number of halogens is 2. The number of alkyl halides is 1. The molecule has 1 aliphatic rings. The SMILES string of the molecule is COc1ccc(C[C@H]2NC(=O)/C=C/C[C@@H]([C@H](C)[C@@H](C)[C@H](C)c3ccc(CCl)cc3)OC(=O)[C@H](CC(C)C)OC(=O)C(C)(C)CNC2=O)cc1Cl. The lowest BCUT2D eigenvalue weighted by atomic mass is 9.77. The summed E-state index contributed by atoms with van der Waals surface area (Å²) in [5.41, 5.74) is 1.66. The van der Waals surface area contributed by atoms with Gasteiger partial charge in [0.2, 0.25) is 11.8 Å². The number of cyclic esters (lactones) is 2. The molecule has 11 heteroatoms. The van der Waals surface area contributed by atoms with Crippen molar-refractivity contribution in [3.63, 3.8) is 0 Å². The topological polar surface area (TPSA) is 120 Å². The first-order valence-corrected chi connectivity index (χ1v) is 18.1. The predicted molar refractivity (Wildman–Crippen MR) is 196 cm³/mol. The molecule has 0 spiro atoms. The Morgan fingerprint density at radius 1 is 0.960 bits per heavy atom. The highest BCUT2D eigenvalue weighted by atomic mass is 35.5. The molecule has 0 saturated heterocycles. The monoisotopic (exact) mass is 730 g/mol. The zero-order valence-corrected chi connectivity index (χ0v) is 31.9. The number of carbonyl (C=O) groups excluding carboxylic acids is 4. The maximum absolute atomic E-state index is 13.7. The molecular weight excluding hydrogens is 679 g/mol. The van der Waals surface area contributed by atoms with Gasteiger partial charge < -0.3 is 24.8 Å². The molecular formula is C39H52Cl2N2O7. The molecule has 274 valence electrons. The summed E-state index contributed by atoms with van der Waals surface area (Å²) in [7, 11) is 1.51. The van der Waals surface area contributed by atoms with E-state index in [0.717, 1.165) is 11.1 Å². The van der Waals surface area contributed by atoms with E-state index in [-0.39, 0.29) is 49.5 Å². The highest BCUT2D eigenvalue weighted by molar-refractivity contribution is 6.32. The van der Waals surface area contributed by atoms with Crippen LogP contribution in [0.15, 0.2) is 54.6 Å². The number of ether oxygens (including phenoxy) is 3. The largest absolute Gasteiger partial charge is 0.495 e. The van der Waals surface area contributed by atoms with E-state index in [2.05, 4.69) is 36.6 Å². The third kappa shape index (κ3) is 11.5. The van der Waals surface area contributed by atoms with Crippen LogP contribution in [0.1, 0.15) is 83.9 Å². The number of carbonyl (C=O) groups is 4. The first kappa shape index (κ1) is 40.9. The lowest BCUT2D eigenvalue weighted by Crippen LogP contribution is -2.51. The molecule has 2 amide bonds. The van der Waals surface area contributed by atoms with E-state index in [1.54, 1.807) is 38.1 Å². The van der Waals surface area contributed by atoms with E-state index >= 15 is 0 Å². The molecule has 1 heterocycles. The van der Waals surface area contributed by atoms with Crippen molar-refractivity contribution in [2.45, 2.75) is 97.8 Å². The van der Waals surface area contributed by atoms with Crippen LogP contribution in [-0.4, -0.2) is 55.7 Å². The second kappa shape index (κ2) is 18.6. The third-order valence-corrected chi connectivity index (χ3v) is 10.1. The fraction of sp³-hybridized carbons (Fsp3) is 0.538. The van der Waals surface area contributed by atoms with Crippen LogP contribution >= 0.6 is 23.2 Å². The lowest BCUT2D eigenvalue weighted by molar-refractivity contribution is -0.179. The van der Waals surface area contributed by atoms with Gasteiger partial charge in [0.05, 0.1) is 17.5 Å². The van der Waals surface area contributed by atoms with Gasteiger partial charge in [0, 0.05) is 25.3 Å². The summed E-state index contributed by atoms with van der Waals surface area (Å²) in [6, 6.07) is 12.3. The van der Waals surface area contributed by atoms with E-state index in [9.17, 15) is 19.2 Å². The molecule has 50 heavy (non-hydrogen) atoms. The number of nitrogens with one attached hydrogen (secondary N) is 2. The van der Waals surface area contributed by atoms with E-state index in [1.165, 1.54) is 13.2 Å². The Kier molecular flexibility index (Phi) is 15.2. The molecule has 0 radical (unpaired) electrons. The summed E-state index contributed by atoms with van der Waals surface area (Å²) in [6.07, 6.45) is 1.84. The normalized spacial score (nSPS) is 23.1. The first-order valence-electron chi connectivity index (χ1n) is 17.2. The van der Waals surface area contributed by atoms with Crippen molar-refractivity contribution in [3.05, 3.63) is 76.3 Å². The Balaban J connectivity index is 1.96. The fourth-order valence-corrected chi connectivity index (χ4v) is 6.29. The van der Waals surface area contributed by atoms with Gasteiger partial charge >= 0.3 is 11.9 Å². The second-order valence-corrected chi connectivity index (χ2v) is 15.0. The standard InChI is InChI=1S/C39H52Cl2N2O7/c1-23(2)18-34-37(46)49-32(26(5)24(3)25(4)29-15-12-27(21-40)13-16-29)10-9-11-35(44)43-31(20-28-14-17-33(48-8)30(41)19-28)36(45)42-22-39(6,7)38(47)50-34/h9,11-17,19,23-26,31-32,34H,10,18,20-22H2,1-8H3,(H,42,45)(H,43,44)/b11-9+/t24-,25-,26+,31+,32-,34-/m0/s1. The molecule has 0 unspecified atom stereocenters. The van der Waals surface area contributed by atoms with Crippen molar-refractivity contribution in [2.75, 3.05) is 13.7 Å². The fourth-order valence-electron chi connectivity index (χ4n) is 5.83. The molecule has 0 aliphatic carbocycles. The van der Waals surface area contributed by atoms with Crippen LogP contribution in [0.2, 0.25) is 5.02 Å². The molecule has 0 bridgehead atoms. The maximum Gasteiger partial charge on any atom is 0.347 e. The van der Waals surface area contributed by atoms with Gasteiger partial charge in [-0.3, -0.25) is 14.4 Å². The van der Waals surface area contributed by atoms with E-state index in [4.69, 9.17) is 37.4 Å². The van der Waals surface area contributed by atoms with Crippen molar-refractivity contribution < 1.29 is 33.4 Å². The molecule has 9 nitrogen and oxygen atoms in total. The Morgan fingerprint density at radius 2 is 1.62 bits per heavy atom. The van der Waals surface area contributed by atoms with Crippen molar-refractivity contribution in [2.24, 2.45) is 23.2 Å². The minimum absolute atomic E-state index is 0.0235. The van der Waals surface area contributed by atoms with Gasteiger partial charge in [0.1, 0.15) is 17.9 Å². The van der Waals surface area contributed by atoms with E-state index in [0.29, 0.717) is 22.2 Å². The average molecular weight is 732 g/mol. The number of methoxy groups -OCH3 is 1. The number of esters is 2. The number of amides is 2. The van der Waals surface area contributed by atoms with Gasteiger partial charge in [-0.2, -0.15) is 0 Å². The van der Waals surface area contributed by atoms with Gasteiger partial charge in [0.15, 0.2) is 6.10 Å². The summed E-state index contributed by atoms with van der Waals surface area (Å²) in [6.45, 7) is 13.3. The summed E-state index contributed by atoms with van der Waals surface area (Å²) in [4.78, 5) is 54.0. The predicted octanol–water partition coefficient (Wildman–Crippen LogP) is 7.16. The van der Waals surface area contributed by atoms with E-state index < -0.39 is 47.4 Å². The van der Waals surface area contributed by atoms with Gasteiger partial charge in [-0.25, -0.2) is 4.79 Å². The minimum atomic E-state index is -1.20. The van der Waals surface area contributed by atoms with Crippen LogP contribution in [0, 0.1) is 23.2 Å². The first-order chi connectivity index (χ1) is 23.6. The van der Waals surface area contributed by atoms with Gasteiger partial charge in [-0.05, 0) is 78.8 Å². The smallest absolute Gasteiger partial charge is 0.347 e. The number of rotatable bonds is 10. The molecule has 2 aromatic rings. The lowest BCUT2D eigenvalue weighted by Gasteiger charge is -2.33. The van der Waals surface area contributed by atoms with Crippen LogP contribution in [0.4, 0.5) is 0 Å². The zero-order chi connectivity index (χ0) is 37.2. The molecule has 3 rings (SSSR count). The number of hydrogen-bond donors (Lipinski definition) is 2. The Hall–Kier alpha value is -3.56. The molecule has 1 aliphatic heterocycles. The molecule has 0 saturated carbocycles. The quantitative estimate of drug-likeness (QED) is 0.197. The van der Waals surface area contributed by atoms with Crippen LogP contribution in [0.3, 0.4) is 0 Å². The van der Waals surface area contributed by atoms with Crippen molar-refractivity contribution in [1.82, 2.24) is 10.6 Å². The molecule has 2 N–H and O–H groups in total. The Morgan fingerprint density at radius 3 is 2.22 bits per heavy atom. The minimum Gasteiger partial charge on any atom is -0.495 e. The van der Waals surface area contributed by atoms with Crippen LogP contribution < -0.4 is 15.4 Å². The maximum atomic E-state index is 13.7. The van der Waals surface area contributed by atoms with Crippen molar-refractivity contribution >= 4 is 47.0 Å². The summed E-state index contributed by atoms with van der Waals surface area (Å²) in [5, 5.41) is 5.95. The highest BCUT2D eigenvalue weighted by Gasteiger charge is 2.38. The van der Waals surface area contributed by atoms with Gasteiger partial charge in [-0.1, -0.05) is 82.6 Å². The number of benzene rings is 2. The van der Waals surface area contributed by atoms with Crippen LogP contribution in [0.5, 0.6) is 5.75 Å². The molecule has 6 atom stereocenters. The second-order valence-electron chi connectivity index (χ2n) is 14.4. The Labute approximate surface area is 306 Å². The number of hydrogen-bond acceptors (Lipinski definition) is 7. The Bertz CT molecular complexity index is 1510. The molecule has 2 aromatic carbocycles. The molecule has 0 aromatic heterocycles. The summed E-state index contributed by atoms with van der Waals surface area (Å²) >= 11 is 12.3. The van der Waals surface area contributed by atoms with Crippen molar-refractivity contribution in [3.8, 4) is 5.75 Å². The van der Waals surface area contributed by atoms with Gasteiger partial charge in [-0.15, -0.1) is 11.6 Å². The summed E-state index contributed by atoms with van der Waals surface area (Å²) < 4.78 is 17.2. The van der Waals surface area contributed by atoms with Crippen LogP contribution in [0.25, 0.3) is 0 Å². The average Bonchev–Trinajstić information content (AvgIpc) is 3.08. The molecule has 0 fully saturated rings. The van der Waals surface area contributed by atoms with E-state index in [1.807, 2.05) is 32.9 Å². The third-order valence-electron chi connectivity index (χ3n) is 9.51.